The van der Waals surface area contributed by atoms with E-state index in [0.29, 0.717) is 6.54 Å². The van der Waals surface area contributed by atoms with Crippen molar-refractivity contribution in [2.75, 3.05) is 39.3 Å². The molecule has 0 spiro atoms. The van der Waals surface area contributed by atoms with Gasteiger partial charge in [0.15, 0.2) is 0 Å². The first-order valence-corrected chi connectivity index (χ1v) is 9.94. The normalized spacial score (nSPS) is 17.0. The number of hydrogen-bond donors (Lipinski definition) is 2. The number of nitrogens with zero attached hydrogens (tertiary/aromatic N) is 2. The first-order valence-electron chi connectivity index (χ1n) is 9.94. The van der Waals surface area contributed by atoms with E-state index in [9.17, 15) is 10.2 Å². The lowest BCUT2D eigenvalue weighted by Gasteiger charge is -2.38. The molecule has 1 aliphatic rings. The van der Waals surface area contributed by atoms with Gasteiger partial charge in [0.1, 0.15) is 5.60 Å². The van der Waals surface area contributed by atoms with Crippen molar-refractivity contribution in [1.29, 1.82) is 0 Å². The van der Waals surface area contributed by atoms with Crippen LogP contribution in [0.5, 0.6) is 0 Å². The molecule has 1 saturated heterocycles. The van der Waals surface area contributed by atoms with Gasteiger partial charge in [-0.1, -0.05) is 66.4 Å². The van der Waals surface area contributed by atoms with Gasteiger partial charge in [0.05, 0.1) is 12.6 Å². The van der Waals surface area contributed by atoms with E-state index in [-0.39, 0.29) is 12.6 Å². The molecule has 148 valence electrons. The summed E-state index contributed by atoms with van der Waals surface area (Å²) in [6.45, 7) is 7.94. The summed E-state index contributed by atoms with van der Waals surface area (Å²) >= 11 is 0. The molecule has 1 fully saturated rings. The van der Waals surface area contributed by atoms with Crippen LogP contribution in [0.1, 0.15) is 25.5 Å². The molecule has 1 heterocycles. The van der Waals surface area contributed by atoms with E-state index in [1.54, 1.807) is 13.8 Å². The summed E-state index contributed by atoms with van der Waals surface area (Å²) in [6.07, 6.45) is 0. The Labute approximate surface area is 168 Å². The predicted octanol–water partition coefficient (Wildman–Crippen LogP) is 2.78. The molecule has 0 bridgehead atoms. The fraction of sp³-hybridized carbons (Fsp3) is 0.417. The summed E-state index contributed by atoms with van der Waals surface area (Å²) in [5.74, 6) is 6.40. The lowest BCUT2D eigenvalue weighted by atomic mass is 9.93. The largest absolute Gasteiger partial charge is 0.395 e. The molecule has 4 heteroatoms. The Hall–Kier alpha value is -2.16. The van der Waals surface area contributed by atoms with Gasteiger partial charge in [0.25, 0.3) is 0 Å². The Morgan fingerprint density at radius 1 is 0.964 bits per heavy atom. The van der Waals surface area contributed by atoms with Gasteiger partial charge >= 0.3 is 0 Å². The highest BCUT2D eigenvalue weighted by Gasteiger charge is 2.26. The number of hydrogen-bond acceptors (Lipinski definition) is 4. The van der Waals surface area contributed by atoms with Crippen LogP contribution >= 0.6 is 0 Å². The van der Waals surface area contributed by atoms with Crippen LogP contribution in [0.15, 0.2) is 54.6 Å². The average molecular weight is 379 g/mol. The molecule has 0 radical (unpaired) electrons. The van der Waals surface area contributed by atoms with Crippen molar-refractivity contribution in [3.8, 4) is 23.0 Å². The van der Waals surface area contributed by atoms with Gasteiger partial charge in [-0.05, 0) is 30.5 Å². The van der Waals surface area contributed by atoms with Crippen LogP contribution in [-0.2, 0) is 0 Å². The van der Waals surface area contributed by atoms with Gasteiger partial charge in [0, 0.05) is 32.7 Å². The molecule has 4 nitrogen and oxygen atoms in total. The van der Waals surface area contributed by atoms with E-state index in [0.717, 1.165) is 26.2 Å². The smallest absolute Gasteiger partial charge is 0.120 e. The lowest BCUT2D eigenvalue weighted by Crippen LogP contribution is -2.48. The highest BCUT2D eigenvalue weighted by molar-refractivity contribution is 5.68. The van der Waals surface area contributed by atoms with Gasteiger partial charge in [-0.15, -0.1) is 0 Å². The molecule has 1 atom stereocenters. The summed E-state index contributed by atoms with van der Waals surface area (Å²) in [6, 6.07) is 18.7. The average Bonchev–Trinajstić information content (AvgIpc) is 2.70. The first kappa shape index (κ1) is 20.6. The van der Waals surface area contributed by atoms with E-state index in [1.807, 2.05) is 6.07 Å². The number of rotatable bonds is 5. The van der Waals surface area contributed by atoms with Crippen molar-refractivity contribution in [2.24, 2.45) is 0 Å². The monoisotopic (exact) mass is 378 g/mol. The molecule has 0 aromatic heterocycles. The fourth-order valence-electron chi connectivity index (χ4n) is 3.61. The summed E-state index contributed by atoms with van der Waals surface area (Å²) in [5, 5.41) is 19.4. The minimum absolute atomic E-state index is 0.0842. The highest BCUT2D eigenvalue weighted by atomic mass is 16.3. The van der Waals surface area contributed by atoms with Gasteiger partial charge in [-0.25, -0.2) is 0 Å². The molecular formula is C24H30N2O2. The third-order valence-electron chi connectivity index (χ3n) is 5.04. The number of aliphatic hydroxyl groups is 2. The molecule has 0 saturated carbocycles. The van der Waals surface area contributed by atoms with Crippen molar-refractivity contribution in [3.05, 3.63) is 60.2 Å². The van der Waals surface area contributed by atoms with E-state index in [4.69, 9.17) is 0 Å². The summed E-state index contributed by atoms with van der Waals surface area (Å²) < 4.78 is 0. The van der Waals surface area contributed by atoms with E-state index < -0.39 is 5.60 Å². The number of benzene rings is 2. The van der Waals surface area contributed by atoms with Crippen LogP contribution in [0, 0.1) is 11.8 Å². The number of β-amino-alcohol motifs (C(OH)–C–C–N with tert-alkyl or cyclic N) is 1. The van der Waals surface area contributed by atoms with Gasteiger partial charge in [-0.3, -0.25) is 9.80 Å². The van der Waals surface area contributed by atoms with Crippen LogP contribution in [0.2, 0.25) is 0 Å². The van der Waals surface area contributed by atoms with Gasteiger partial charge in [0.2, 0.25) is 0 Å². The third kappa shape index (κ3) is 5.43. The second-order valence-electron chi connectivity index (χ2n) is 7.79. The highest BCUT2D eigenvalue weighted by Crippen LogP contribution is 2.32. The quantitative estimate of drug-likeness (QED) is 0.786. The number of aliphatic hydroxyl groups excluding tert-OH is 1. The van der Waals surface area contributed by atoms with Gasteiger partial charge < -0.3 is 10.2 Å². The van der Waals surface area contributed by atoms with Crippen molar-refractivity contribution in [2.45, 2.75) is 25.5 Å². The zero-order valence-electron chi connectivity index (χ0n) is 16.8. The van der Waals surface area contributed by atoms with E-state index >= 15 is 0 Å². The summed E-state index contributed by atoms with van der Waals surface area (Å²) in [5.41, 5.74) is 2.49. The Bertz CT molecular complexity index is 810. The second-order valence-corrected chi connectivity index (χ2v) is 7.79. The maximum Gasteiger partial charge on any atom is 0.120 e. The topological polar surface area (TPSA) is 46.9 Å². The molecule has 2 N–H and O–H groups in total. The van der Waals surface area contributed by atoms with Crippen molar-refractivity contribution < 1.29 is 10.2 Å². The molecule has 1 aliphatic heterocycles. The van der Waals surface area contributed by atoms with Crippen LogP contribution in [0.25, 0.3) is 11.1 Å². The molecule has 2 aromatic rings. The lowest BCUT2D eigenvalue weighted by molar-refractivity contribution is 0.0982. The summed E-state index contributed by atoms with van der Waals surface area (Å²) in [4.78, 5) is 4.66. The van der Waals surface area contributed by atoms with Crippen LogP contribution in [0.3, 0.4) is 0 Å². The molecular weight excluding hydrogens is 348 g/mol. The predicted molar refractivity (Wildman–Crippen MR) is 114 cm³/mol. The zero-order chi connectivity index (χ0) is 20.0. The second kappa shape index (κ2) is 9.36. The minimum Gasteiger partial charge on any atom is -0.395 e. The molecule has 28 heavy (non-hydrogen) atoms. The third-order valence-corrected chi connectivity index (χ3v) is 5.04. The molecule has 0 amide bonds. The maximum atomic E-state index is 10.2. The number of piperazine rings is 1. The van der Waals surface area contributed by atoms with Gasteiger partial charge in [-0.2, -0.15) is 0 Å². The Kier molecular flexibility index (Phi) is 6.88. The zero-order valence-corrected chi connectivity index (χ0v) is 16.8. The molecule has 3 rings (SSSR count). The fourth-order valence-corrected chi connectivity index (χ4v) is 3.61. The SMILES string of the molecule is CC(C)(O)C#C[C@@H](c1ccccc1-c1ccccc1)N1CCN(CCO)CC1. The minimum atomic E-state index is -1.03. The van der Waals surface area contributed by atoms with Crippen molar-refractivity contribution in [3.63, 3.8) is 0 Å². The first-order chi connectivity index (χ1) is 13.5. The van der Waals surface area contributed by atoms with E-state index in [2.05, 4.69) is 70.2 Å². The summed E-state index contributed by atoms with van der Waals surface area (Å²) in [7, 11) is 0. The van der Waals surface area contributed by atoms with Crippen LogP contribution in [0.4, 0.5) is 0 Å². The standard InChI is InChI=1S/C24H30N2O2/c1-24(2,28)13-12-23(26-16-14-25(15-17-26)18-19-27)22-11-7-6-10-21(22)20-8-4-3-5-9-20/h3-11,23,27-28H,14-19H2,1-2H3/t23-/m0/s1. The molecule has 2 aromatic carbocycles. The Morgan fingerprint density at radius 2 is 1.61 bits per heavy atom. The maximum absolute atomic E-state index is 10.2. The van der Waals surface area contributed by atoms with Crippen LogP contribution in [-0.4, -0.2) is 64.9 Å². The Balaban J connectivity index is 1.96. The van der Waals surface area contributed by atoms with E-state index in [1.165, 1.54) is 16.7 Å². The van der Waals surface area contributed by atoms with Crippen molar-refractivity contribution in [1.82, 2.24) is 9.80 Å². The van der Waals surface area contributed by atoms with Crippen LogP contribution < -0.4 is 0 Å². The Morgan fingerprint density at radius 3 is 2.25 bits per heavy atom. The molecule has 0 unspecified atom stereocenters. The molecule has 0 aliphatic carbocycles. The van der Waals surface area contributed by atoms with Crippen molar-refractivity contribution >= 4 is 0 Å².